The Hall–Kier alpha value is -2.01. The topological polar surface area (TPSA) is 59.1 Å². The van der Waals surface area contributed by atoms with Gasteiger partial charge in [0.05, 0.1) is 12.8 Å². The van der Waals surface area contributed by atoms with E-state index < -0.39 is 0 Å². The van der Waals surface area contributed by atoms with Crippen LogP contribution in [0.25, 0.3) is 0 Å². The summed E-state index contributed by atoms with van der Waals surface area (Å²) in [6.45, 7) is 3.94. The number of rotatable bonds is 5. The number of nitrogens with one attached hydrogen (secondary N) is 2. The van der Waals surface area contributed by atoms with Gasteiger partial charge in [0.2, 0.25) is 5.95 Å². The van der Waals surface area contributed by atoms with E-state index in [4.69, 9.17) is 16.3 Å². The van der Waals surface area contributed by atoms with Gasteiger partial charge in [-0.15, -0.1) is 0 Å². The van der Waals surface area contributed by atoms with Crippen molar-refractivity contribution in [1.82, 2.24) is 9.97 Å². The third-order valence-corrected chi connectivity index (χ3v) is 4.94. The fourth-order valence-corrected chi connectivity index (χ4v) is 3.35. The second kappa shape index (κ2) is 7.91. The van der Waals surface area contributed by atoms with Gasteiger partial charge in [0.15, 0.2) is 0 Å². The molecule has 0 saturated heterocycles. The Balaban J connectivity index is 1.82. The van der Waals surface area contributed by atoms with Crippen LogP contribution in [0.2, 0.25) is 5.02 Å². The average molecular weight is 361 g/mol. The van der Waals surface area contributed by atoms with Crippen molar-refractivity contribution in [2.45, 2.75) is 52.0 Å². The predicted molar refractivity (Wildman–Crippen MR) is 103 cm³/mol. The lowest BCUT2D eigenvalue weighted by molar-refractivity contribution is 0.416. The number of ether oxygens (including phenoxy) is 1. The maximum Gasteiger partial charge on any atom is 0.225 e. The first-order valence-electron chi connectivity index (χ1n) is 8.78. The van der Waals surface area contributed by atoms with Crippen molar-refractivity contribution < 1.29 is 4.74 Å². The summed E-state index contributed by atoms with van der Waals surface area (Å²) >= 11 is 6.18. The summed E-state index contributed by atoms with van der Waals surface area (Å²) in [6, 6.07) is 6.17. The monoisotopic (exact) mass is 360 g/mol. The van der Waals surface area contributed by atoms with E-state index in [0.717, 1.165) is 22.8 Å². The van der Waals surface area contributed by atoms with Crippen molar-refractivity contribution >= 4 is 29.1 Å². The van der Waals surface area contributed by atoms with Gasteiger partial charge >= 0.3 is 0 Å². The molecule has 2 N–H and O–H groups in total. The molecule has 1 aromatic carbocycles. The molecular formula is C19H25ClN4O. The van der Waals surface area contributed by atoms with Crippen LogP contribution in [0.1, 0.15) is 43.4 Å². The largest absolute Gasteiger partial charge is 0.495 e. The number of hydrogen-bond acceptors (Lipinski definition) is 5. The van der Waals surface area contributed by atoms with Crippen LogP contribution in [0, 0.1) is 13.8 Å². The van der Waals surface area contributed by atoms with Crippen LogP contribution in [0.5, 0.6) is 5.75 Å². The number of halogens is 1. The lowest BCUT2D eigenvalue weighted by Crippen LogP contribution is -2.23. The molecule has 1 heterocycles. The van der Waals surface area contributed by atoms with Crippen molar-refractivity contribution in [2.24, 2.45) is 0 Å². The zero-order valence-electron chi connectivity index (χ0n) is 15.0. The van der Waals surface area contributed by atoms with Gasteiger partial charge < -0.3 is 15.4 Å². The molecule has 1 saturated carbocycles. The Bertz CT molecular complexity index is 744. The van der Waals surface area contributed by atoms with Crippen molar-refractivity contribution in [3.63, 3.8) is 0 Å². The second-order valence-corrected chi connectivity index (χ2v) is 7.03. The molecule has 1 aliphatic carbocycles. The van der Waals surface area contributed by atoms with Crippen molar-refractivity contribution in [3.05, 3.63) is 34.5 Å². The van der Waals surface area contributed by atoms with Crippen LogP contribution >= 0.6 is 11.6 Å². The molecule has 1 aliphatic rings. The van der Waals surface area contributed by atoms with Crippen molar-refractivity contribution in [2.75, 3.05) is 17.7 Å². The number of aryl methyl sites for hydroxylation is 2. The predicted octanol–water partition coefficient (Wildman–Crippen LogP) is 5.24. The SMILES string of the molecule is COc1cc(Cl)c(C)cc1Nc1cc(C)nc(NC2CCCCC2)n1. The van der Waals surface area contributed by atoms with Crippen molar-refractivity contribution in [3.8, 4) is 5.75 Å². The Morgan fingerprint density at radius 1 is 1.08 bits per heavy atom. The summed E-state index contributed by atoms with van der Waals surface area (Å²) in [5, 5.41) is 7.50. The molecule has 0 bridgehead atoms. The summed E-state index contributed by atoms with van der Waals surface area (Å²) in [4.78, 5) is 9.16. The summed E-state index contributed by atoms with van der Waals surface area (Å²) < 4.78 is 5.43. The highest BCUT2D eigenvalue weighted by atomic mass is 35.5. The molecule has 3 rings (SSSR count). The highest BCUT2D eigenvalue weighted by molar-refractivity contribution is 6.31. The molecule has 0 unspecified atom stereocenters. The highest BCUT2D eigenvalue weighted by Gasteiger charge is 2.15. The summed E-state index contributed by atoms with van der Waals surface area (Å²) in [5.74, 6) is 2.11. The number of nitrogens with zero attached hydrogens (tertiary/aromatic N) is 2. The Kier molecular flexibility index (Phi) is 5.63. The Labute approximate surface area is 154 Å². The Morgan fingerprint density at radius 3 is 2.56 bits per heavy atom. The first kappa shape index (κ1) is 17.8. The molecule has 0 radical (unpaired) electrons. The molecule has 25 heavy (non-hydrogen) atoms. The van der Waals surface area contributed by atoms with Gasteiger partial charge in [-0.3, -0.25) is 0 Å². The van der Waals surface area contributed by atoms with Crippen LogP contribution < -0.4 is 15.4 Å². The van der Waals surface area contributed by atoms with Crippen LogP contribution in [0.4, 0.5) is 17.5 Å². The molecule has 0 atom stereocenters. The van der Waals surface area contributed by atoms with E-state index in [0.29, 0.717) is 22.8 Å². The molecule has 2 aromatic rings. The van der Waals surface area contributed by atoms with Gasteiger partial charge in [-0.05, 0) is 38.3 Å². The molecule has 1 fully saturated rings. The molecule has 6 heteroatoms. The lowest BCUT2D eigenvalue weighted by Gasteiger charge is -2.23. The summed E-state index contributed by atoms with van der Waals surface area (Å²) in [6.07, 6.45) is 6.25. The smallest absolute Gasteiger partial charge is 0.225 e. The zero-order valence-corrected chi connectivity index (χ0v) is 15.8. The normalized spacial score (nSPS) is 15.0. The number of hydrogen-bond donors (Lipinski definition) is 2. The molecular weight excluding hydrogens is 336 g/mol. The third kappa shape index (κ3) is 4.54. The quantitative estimate of drug-likeness (QED) is 0.763. The van der Waals surface area contributed by atoms with Gasteiger partial charge in [-0.25, -0.2) is 4.98 Å². The van der Waals surface area contributed by atoms with Gasteiger partial charge in [-0.2, -0.15) is 4.98 Å². The van der Waals surface area contributed by atoms with E-state index in [2.05, 4.69) is 20.6 Å². The van der Waals surface area contributed by atoms with E-state index in [9.17, 15) is 0 Å². The van der Waals surface area contributed by atoms with Crippen LogP contribution in [-0.4, -0.2) is 23.1 Å². The van der Waals surface area contributed by atoms with E-state index in [-0.39, 0.29) is 0 Å². The number of aromatic nitrogens is 2. The molecule has 0 aliphatic heterocycles. The standard InChI is InChI=1S/C19H25ClN4O/c1-12-9-16(17(25-3)11-15(12)20)23-18-10-13(2)21-19(24-18)22-14-7-5-4-6-8-14/h9-11,14H,4-8H2,1-3H3,(H2,21,22,23,24). The summed E-state index contributed by atoms with van der Waals surface area (Å²) in [5.41, 5.74) is 2.74. The third-order valence-electron chi connectivity index (χ3n) is 4.54. The fraction of sp³-hybridized carbons (Fsp3) is 0.474. The van der Waals surface area contributed by atoms with Crippen LogP contribution in [-0.2, 0) is 0 Å². The number of methoxy groups -OCH3 is 1. The van der Waals surface area contributed by atoms with E-state index in [1.165, 1.54) is 32.1 Å². The molecule has 134 valence electrons. The van der Waals surface area contributed by atoms with E-state index >= 15 is 0 Å². The number of benzene rings is 1. The minimum atomic E-state index is 0.468. The first-order chi connectivity index (χ1) is 12.0. The van der Waals surface area contributed by atoms with E-state index in [1.807, 2.05) is 32.0 Å². The molecule has 5 nitrogen and oxygen atoms in total. The lowest BCUT2D eigenvalue weighted by atomic mass is 9.96. The zero-order chi connectivity index (χ0) is 17.8. The molecule has 1 aromatic heterocycles. The van der Waals surface area contributed by atoms with Crippen LogP contribution in [0.3, 0.4) is 0 Å². The summed E-state index contributed by atoms with van der Waals surface area (Å²) in [7, 11) is 1.63. The van der Waals surface area contributed by atoms with Gasteiger partial charge in [0, 0.05) is 28.9 Å². The maximum absolute atomic E-state index is 6.18. The minimum absolute atomic E-state index is 0.468. The van der Waals surface area contributed by atoms with Crippen LogP contribution in [0.15, 0.2) is 18.2 Å². The maximum atomic E-state index is 6.18. The van der Waals surface area contributed by atoms with E-state index in [1.54, 1.807) is 7.11 Å². The minimum Gasteiger partial charge on any atom is -0.495 e. The fourth-order valence-electron chi connectivity index (χ4n) is 3.19. The van der Waals surface area contributed by atoms with Gasteiger partial charge in [0.1, 0.15) is 11.6 Å². The Morgan fingerprint density at radius 2 is 1.84 bits per heavy atom. The van der Waals surface area contributed by atoms with Gasteiger partial charge in [-0.1, -0.05) is 30.9 Å². The number of anilines is 3. The molecule has 0 spiro atoms. The highest BCUT2D eigenvalue weighted by Crippen LogP contribution is 2.33. The second-order valence-electron chi connectivity index (χ2n) is 6.62. The van der Waals surface area contributed by atoms with Gasteiger partial charge in [0.25, 0.3) is 0 Å². The average Bonchev–Trinajstić information content (AvgIpc) is 2.58. The molecule has 0 amide bonds. The van der Waals surface area contributed by atoms with Crippen molar-refractivity contribution in [1.29, 1.82) is 0 Å². The first-order valence-corrected chi connectivity index (χ1v) is 9.16.